The first-order chi connectivity index (χ1) is 5.15. The Balaban J connectivity index is 3.12. The van der Waals surface area contributed by atoms with E-state index in [-0.39, 0.29) is 17.1 Å². The van der Waals surface area contributed by atoms with Crippen LogP contribution in [-0.2, 0) is 11.8 Å². The van der Waals surface area contributed by atoms with Crippen molar-refractivity contribution in [3.63, 3.8) is 0 Å². The number of nitrogens with zero attached hydrogens (tertiary/aromatic N) is 2. The third kappa shape index (κ3) is 1.46. The summed E-state index contributed by atoms with van der Waals surface area (Å²) in [6.45, 7) is 0. The van der Waals surface area contributed by atoms with Crippen molar-refractivity contribution in [2.24, 2.45) is 7.05 Å². The minimum atomic E-state index is -0.619. The van der Waals surface area contributed by atoms with Crippen molar-refractivity contribution >= 4 is 23.7 Å². The van der Waals surface area contributed by atoms with Crippen LogP contribution in [0.1, 0.15) is 10.5 Å². The van der Waals surface area contributed by atoms with Gasteiger partial charge in [-0.05, 0) is 0 Å². The van der Waals surface area contributed by atoms with Gasteiger partial charge in [0.05, 0.1) is 0 Å². The quantitative estimate of drug-likeness (QED) is 0.370. The smallest absolute Gasteiger partial charge is 0.243 e. The summed E-state index contributed by atoms with van der Waals surface area (Å²) in [4.78, 5) is 20.8. The average molecular weight is 173 g/mol. The lowest BCUT2D eigenvalue weighted by atomic mass is 10.3. The van der Waals surface area contributed by atoms with E-state index in [0.29, 0.717) is 0 Å². The first-order valence-electron chi connectivity index (χ1n) is 2.84. The Bertz CT molecular complexity index is 306. The van der Waals surface area contributed by atoms with Gasteiger partial charge in [-0.3, -0.25) is 14.3 Å². The average Bonchev–Trinajstić information content (AvgIpc) is 2.28. The molecule has 0 aliphatic carbocycles. The van der Waals surface area contributed by atoms with E-state index in [9.17, 15) is 9.59 Å². The van der Waals surface area contributed by atoms with E-state index >= 15 is 0 Å². The number of carbonyl (C=O) groups excluding carboxylic acids is 2. The molecule has 0 saturated heterocycles. The van der Waals surface area contributed by atoms with Gasteiger partial charge in [0.2, 0.25) is 5.78 Å². The largest absolute Gasteiger partial charge is 0.294 e. The fourth-order valence-corrected chi connectivity index (χ4v) is 0.940. The summed E-state index contributed by atoms with van der Waals surface area (Å²) in [7, 11) is 1.54. The number of hydrogen-bond donors (Lipinski definition) is 0. The molecular formula is C6H5ClN2O2. The zero-order valence-corrected chi connectivity index (χ0v) is 6.50. The van der Waals surface area contributed by atoms with E-state index in [2.05, 4.69) is 5.10 Å². The molecule has 0 fully saturated rings. The summed E-state index contributed by atoms with van der Waals surface area (Å²) in [6.07, 6.45) is 0.230. The lowest BCUT2D eigenvalue weighted by Gasteiger charge is -1.91. The SMILES string of the molecule is Cn1nc(Cl)cc1C(=O)C=O. The summed E-state index contributed by atoms with van der Waals surface area (Å²) in [5.41, 5.74) is 0.199. The Morgan fingerprint density at radius 3 is 2.82 bits per heavy atom. The molecule has 0 bridgehead atoms. The molecule has 1 rings (SSSR count). The summed E-state index contributed by atoms with van der Waals surface area (Å²) < 4.78 is 1.26. The monoisotopic (exact) mass is 172 g/mol. The predicted molar refractivity (Wildman–Crippen MR) is 38.6 cm³/mol. The number of aromatic nitrogens is 2. The van der Waals surface area contributed by atoms with Crippen molar-refractivity contribution in [3.8, 4) is 0 Å². The normalized spacial score (nSPS) is 9.64. The molecule has 0 unspecified atom stereocenters. The van der Waals surface area contributed by atoms with Gasteiger partial charge in [-0.2, -0.15) is 5.10 Å². The second kappa shape index (κ2) is 2.84. The zero-order valence-electron chi connectivity index (χ0n) is 5.74. The van der Waals surface area contributed by atoms with Crippen LogP contribution in [-0.4, -0.2) is 21.8 Å². The second-order valence-corrected chi connectivity index (χ2v) is 2.35. The van der Waals surface area contributed by atoms with Crippen molar-refractivity contribution < 1.29 is 9.59 Å². The molecule has 0 aliphatic heterocycles. The Morgan fingerprint density at radius 1 is 1.82 bits per heavy atom. The molecule has 0 amide bonds. The van der Waals surface area contributed by atoms with Gasteiger partial charge < -0.3 is 0 Å². The molecule has 58 valence electrons. The topological polar surface area (TPSA) is 52.0 Å². The van der Waals surface area contributed by atoms with E-state index in [1.165, 1.54) is 10.7 Å². The fraction of sp³-hybridized carbons (Fsp3) is 0.167. The molecule has 0 spiro atoms. The van der Waals surface area contributed by atoms with Gasteiger partial charge in [0.15, 0.2) is 11.4 Å². The number of carbonyl (C=O) groups is 2. The molecule has 1 aromatic heterocycles. The molecule has 1 aromatic rings. The van der Waals surface area contributed by atoms with Crippen LogP contribution in [0.5, 0.6) is 0 Å². The highest BCUT2D eigenvalue weighted by Crippen LogP contribution is 2.07. The van der Waals surface area contributed by atoms with Crippen LogP contribution in [0.2, 0.25) is 5.15 Å². The molecule has 1 heterocycles. The molecule has 0 atom stereocenters. The first kappa shape index (κ1) is 7.94. The van der Waals surface area contributed by atoms with Crippen LogP contribution in [0, 0.1) is 0 Å². The molecular weight excluding hydrogens is 168 g/mol. The Hall–Kier alpha value is -1.16. The van der Waals surface area contributed by atoms with E-state index in [4.69, 9.17) is 11.6 Å². The minimum Gasteiger partial charge on any atom is -0.294 e. The Labute approximate surface area is 67.8 Å². The number of aryl methyl sites for hydroxylation is 1. The van der Waals surface area contributed by atoms with Gasteiger partial charge in [-0.25, -0.2) is 0 Å². The van der Waals surface area contributed by atoms with Crippen LogP contribution in [0.4, 0.5) is 0 Å². The molecule has 0 saturated carbocycles. The first-order valence-corrected chi connectivity index (χ1v) is 3.22. The Morgan fingerprint density at radius 2 is 2.45 bits per heavy atom. The second-order valence-electron chi connectivity index (χ2n) is 1.96. The third-order valence-corrected chi connectivity index (χ3v) is 1.39. The van der Waals surface area contributed by atoms with Gasteiger partial charge in [0.1, 0.15) is 5.69 Å². The molecule has 4 nitrogen and oxygen atoms in total. The van der Waals surface area contributed by atoms with Crippen molar-refractivity contribution in [1.29, 1.82) is 0 Å². The zero-order chi connectivity index (χ0) is 8.43. The minimum absolute atomic E-state index is 0.199. The molecule has 0 radical (unpaired) electrons. The summed E-state index contributed by atoms with van der Waals surface area (Å²) in [6, 6.07) is 1.35. The third-order valence-electron chi connectivity index (χ3n) is 1.21. The van der Waals surface area contributed by atoms with Crippen molar-refractivity contribution in [3.05, 3.63) is 16.9 Å². The highest BCUT2D eigenvalue weighted by Gasteiger charge is 2.10. The molecule has 0 aromatic carbocycles. The van der Waals surface area contributed by atoms with Gasteiger partial charge in [-0.15, -0.1) is 0 Å². The van der Waals surface area contributed by atoms with Crippen molar-refractivity contribution in [2.75, 3.05) is 0 Å². The van der Waals surface area contributed by atoms with Gasteiger partial charge >= 0.3 is 0 Å². The molecule has 11 heavy (non-hydrogen) atoms. The number of aldehydes is 1. The van der Waals surface area contributed by atoms with E-state index in [1.807, 2.05) is 0 Å². The fourth-order valence-electron chi connectivity index (χ4n) is 0.723. The molecule has 5 heteroatoms. The lowest BCUT2D eigenvalue weighted by molar-refractivity contribution is -0.104. The van der Waals surface area contributed by atoms with E-state index in [1.54, 1.807) is 7.05 Å². The molecule has 0 N–H and O–H groups in total. The number of rotatable bonds is 2. The Kier molecular flexibility index (Phi) is 2.05. The maximum atomic E-state index is 10.8. The van der Waals surface area contributed by atoms with Crippen LogP contribution in [0.3, 0.4) is 0 Å². The number of ketones is 1. The van der Waals surface area contributed by atoms with Gasteiger partial charge in [0.25, 0.3) is 0 Å². The number of halogens is 1. The van der Waals surface area contributed by atoms with Gasteiger partial charge in [0, 0.05) is 13.1 Å². The highest BCUT2D eigenvalue weighted by molar-refractivity contribution is 6.34. The predicted octanol–water partition coefficient (Wildman–Crippen LogP) is 0.455. The number of hydrogen-bond acceptors (Lipinski definition) is 3. The van der Waals surface area contributed by atoms with Crippen molar-refractivity contribution in [2.45, 2.75) is 0 Å². The maximum Gasteiger partial charge on any atom is 0.243 e. The van der Waals surface area contributed by atoms with Gasteiger partial charge in [-0.1, -0.05) is 11.6 Å². The van der Waals surface area contributed by atoms with Crippen LogP contribution >= 0.6 is 11.6 Å². The standard InChI is InChI=1S/C6H5ClN2O2/c1-9-4(5(11)3-10)2-6(7)8-9/h2-3H,1H3. The van der Waals surface area contributed by atoms with E-state index < -0.39 is 5.78 Å². The summed E-state index contributed by atoms with van der Waals surface area (Å²) in [5, 5.41) is 3.89. The van der Waals surface area contributed by atoms with Crippen LogP contribution < -0.4 is 0 Å². The van der Waals surface area contributed by atoms with Crippen LogP contribution in [0.15, 0.2) is 6.07 Å². The summed E-state index contributed by atoms with van der Waals surface area (Å²) >= 11 is 5.47. The maximum absolute atomic E-state index is 10.8. The lowest BCUT2D eigenvalue weighted by Crippen LogP contribution is -2.07. The van der Waals surface area contributed by atoms with E-state index in [0.717, 1.165) is 0 Å². The summed E-state index contributed by atoms with van der Waals surface area (Å²) in [5.74, 6) is -0.619. The van der Waals surface area contributed by atoms with Crippen molar-refractivity contribution in [1.82, 2.24) is 9.78 Å². The number of Topliss-reactive ketones (excluding diaryl/α,β-unsaturated/α-hetero) is 1. The molecule has 0 aliphatic rings. The van der Waals surface area contributed by atoms with Crippen LogP contribution in [0.25, 0.3) is 0 Å². The highest BCUT2D eigenvalue weighted by atomic mass is 35.5.